The lowest BCUT2D eigenvalue weighted by Gasteiger charge is -2.17. The second-order valence-electron chi connectivity index (χ2n) is 6.55. The first-order valence-corrected chi connectivity index (χ1v) is 10.0. The van der Waals surface area contributed by atoms with Gasteiger partial charge in [0.25, 0.3) is 5.91 Å². The number of carbonyl (C=O) groups is 2. The van der Waals surface area contributed by atoms with Crippen molar-refractivity contribution in [3.8, 4) is 22.0 Å². The minimum absolute atomic E-state index is 0.0562. The largest absolute Gasteiger partial charge is 0.462 e. The van der Waals surface area contributed by atoms with Crippen molar-refractivity contribution in [1.29, 1.82) is 0 Å². The number of hydrogen-bond acceptors (Lipinski definition) is 5. The highest BCUT2D eigenvalue weighted by molar-refractivity contribution is 7.17. The van der Waals surface area contributed by atoms with Gasteiger partial charge in [-0.3, -0.25) is 9.59 Å². The van der Waals surface area contributed by atoms with Crippen molar-refractivity contribution < 1.29 is 14.0 Å². The predicted molar refractivity (Wildman–Crippen MR) is 110 cm³/mol. The fourth-order valence-corrected chi connectivity index (χ4v) is 3.53. The standard InChI is InChI=1S/C21H23N3O3S/c1-4-13(2)22-19(25)14(3)23-20(26)18-17(15-9-6-5-7-10-15)24-21(28-18)16-11-8-12-27-16/h5-14H,4H2,1-3H3,(H,22,25)(H,23,26). The van der Waals surface area contributed by atoms with E-state index in [2.05, 4.69) is 15.6 Å². The van der Waals surface area contributed by atoms with E-state index < -0.39 is 6.04 Å². The monoisotopic (exact) mass is 397 g/mol. The summed E-state index contributed by atoms with van der Waals surface area (Å²) in [7, 11) is 0. The molecule has 0 saturated carbocycles. The maximum atomic E-state index is 12.9. The Morgan fingerprint density at radius 3 is 2.50 bits per heavy atom. The smallest absolute Gasteiger partial charge is 0.264 e. The van der Waals surface area contributed by atoms with Gasteiger partial charge < -0.3 is 15.1 Å². The molecule has 0 aliphatic heterocycles. The summed E-state index contributed by atoms with van der Waals surface area (Å²) in [6.45, 7) is 5.60. The summed E-state index contributed by atoms with van der Waals surface area (Å²) < 4.78 is 5.43. The zero-order chi connectivity index (χ0) is 20.1. The maximum absolute atomic E-state index is 12.9. The maximum Gasteiger partial charge on any atom is 0.264 e. The molecule has 2 amide bonds. The van der Waals surface area contributed by atoms with Crippen molar-refractivity contribution in [1.82, 2.24) is 15.6 Å². The van der Waals surface area contributed by atoms with E-state index in [-0.39, 0.29) is 17.9 Å². The quantitative estimate of drug-likeness (QED) is 0.629. The molecule has 7 heteroatoms. The van der Waals surface area contributed by atoms with Crippen molar-refractivity contribution >= 4 is 23.2 Å². The second kappa shape index (κ2) is 8.84. The fourth-order valence-electron chi connectivity index (χ4n) is 2.57. The van der Waals surface area contributed by atoms with E-state index in [1.165, 1.54) is 11.3 Å². The molecule has 0 aliphatic carbocycles. The molecule has 2 N–H and O–H groups in total. The second-order valence-corrected chi connectivity index (χ2v) is 7.55. The van der Waals surface area contributed by atoms with Gasteiger partial charge in [0.15, 0.2) is 10.8 Å². The van der Waals surface area contributed by atoms with E-state index in [9.17, 15) is 9.59 Å². The number of nitrogens with one attached hydrogen (secondary N) is 2. The van der Waals surface area contributed by atoms with E-state index in [1.54, 1.807) is 25.3 Å². The summed E-state index contributed by atoms with van der Waals surface area (Å²) in [6.07, 6.45) is 2.39. The molecule has 0 spiro atoms. The van der Waals surface area contributed by atoms with Gasteiger partial charge in [0.2, 0.25) is 5.91 Å². The molecule has 146 valence electrons. The zero-order valence-corrected chi connectivity index (χ0v) is 16.9. The summed E-state index contributed by atoms with van der Waals surface area (Å²) >= 11 is 1.24. The van der Waals surface area contributed by atoms with Crippen LogP contribution in [-0.4, -0.2) is 28.9 Å². The Labute approximate surface area is 168 Å². The average Bonchev–Trinajstić information content (AvgIpc) is 3.38. The van der Waals surface area contributed by atoms with Gasteiger partial charge in [-0.05, 0) is 32.4 Å². The molecule has 0 radical (unpaired) electrons. The van der Waals surface area contributed by atoms with E-state index >= 15 is 0 Å². The number of hydrogen-bond donors (Lipinski definition) is 2. The van der Waals surface area contributed by atoms with E-state index in [1.807, 2.05) is 44.2 Å². The van der Waals surface area contributed by atoms with Crippen LogP contribution >= 0.6 is 11.3 Å². The lowest BCUT2D eigenvalue weighted by Crippen LogP contribution is -2.47. The average molecular weight is 398 g/mol. The third-order valence-electron chi connectivity index (χ3n) is 4.35. The van der Waals surface area contributed by atoms with Gasteiger partial charge in [0, 0.05) is 11.6 Å². The third kappa shape index (κ3) is 4.48. The molecule has 1 aromatic carbocycles. The number of nitrogens with zero attached hydrogens (tertiary/aromatic N) is 1. The highest BCUT2D eigenvalue weighted by Crippen LogP contribution is 2.34. The first kappa shape index (κ1) is 19.8. The molecule has 2 heterocycles. The molecule has 2 aromatic heterocycles. The number of thiazole rings is 1. The summed E-state index contributed by atoms with van der Waals surface area (Å²) in [5, 5.41) is 6.28. The van der Waals surface area contributed by atoms with Gasteiger partial charge in [0.05, 0.1) is 12.0 Å². The van der Waals surface area contributed by atoms with Gasteiger partial charge >= 0.3 is 0 Å². The van der Waals surface area contributed by atoms with Gasteiger partial charge in [-0.1, -0.05) is 37.3 Å². The van der Waals surface area contributed by atoms with Crippen LogP contribution in [-0.2, 0) is 4.79 Å². The highest BCUT2D eigenvalue weighted by atomic mass is 32.1. The summed E-state index contributed by atoms with van der Waals surface area (Å²) in [5.41, 5.74) is 1.41. The molecule has 3 rings (SSSR count). The highest BCUT2D eigenvalue weighted by Gasteiger charge is 2.24. The van der Waals surface area contributed by atoms with E-state index in [0.717, 1.165) is 12.0 Å². The van der Waals surface area contributed by atoms with Crippen LogP contribution in [0.25, 0.3) is 22.0 Å². The molecular formula is C21H23N3O3S. The van der Waals surface area contributed by atoms with Crippen molar-refractivity contribution in [3.05, 3.63) is 53.6 Å². The Morgan fingerprint density at radius 1 is 1.11 bits per heavy atom. The van der Waals surface area contributed by atoms with Gasteiger partial charge in [-0.15, -0.1) is 11.3 Å². The van der Waals surface area contributed by atoms with Crippen LogP contribution in [0.3, 0.4) is 0 Å². The number of carbonyl (C=O) groups excluding carboxylic acids is 2. The van der Waals surface area contributed by atoms with Crippen LogP contribution in [0, 0.1) is 0 Å². The number of amides is 2. The molecule has 0 aliphatic rings. The molecule has 0 saturated heterocycles. The Bertz CT molecular complexity index is 935. The van der Waals surface area contributed by atoms with Gasteiger partial charge in [0.1, 0.15) is 10.9 Å². The molecule has 6 nitrogen and oxygen atoms in total. The van der Waals surface area contributed by atoms with Crippen molar-refractivity contribution in [2.75, 3.05) is 0 Å². The topological polar surface area (TPSA) is 84.2 Å². The number of aromatic nitrogens is 1. The SMILES string of the molecule is CCC(C)NC(=O)C(C)NC(=O)c1sc(-c2ccco2)nc1-c1ccccc1. The third-order valence-corrected chi connectivity index (χ3v) is 5.42. The van der Waals surface area contributed by atoms with E-state index in [4.69, 9.17) is 4.42 Å². The molecular weight excluding hydrogens is 374 g/mol. The molecule has 2 atom stereocenters. The molecule has 3 aromatic rings. The lowest BCUT2D eigenvalue weighted by atomic mass is 10.1. The predicted octanol–water partition coefficient (Wildman–Crippen LogP) is 4.10. The number of benzene rings is 1. The molecule has 0 bridgehead atoms. The van der Waals surface area contributed by atoms with Crippen molar-refractivity contribution in [3.63, 3.8) is 0 Å². The molecule has 0 fully saturated rings. The number of furan rings is 1. The Kier molecular flexibility index (Phi) is 6.26. The van der Waals surface area contributed by atoms with Crippen molar-refractivity contribution in [2.45, 2.75) is 39.3 Å². The van der Waals surface area contributed by atoms with Crippen LogP contribution in [0.15, 0.2) is 53.1 Å². The van der Waals surface area contributed by atoms with Crippen LogP contribution in [0.2, 0.25) is 0 Å². The first-order valence-electron chi connectivity index (χ1n) is 9.21. The minimum Gasteiger partial charge on any atom is -0.462 e. The fraction of sp³-hybridized carbons (Fsp3) is 0.286. The summed E-state index contributed by atoms with van der Waals surface area (Å²) in [5.74, 6) is 0.0597. The molecule has 2 unspecified atom stereocenters. The Balaban J connectivity index is 1.87. The van der Waals surface area contributed by atoms with Gasteiger partial charge in [-0.2, -0.15) is 0 Å². The van der Waals surface area contributed by atoms with Crippen molar-refractivity contribution in [2.24, 2.45) is 0 Å². The Morgan fingerprint density at radius 2 is 1.86 bits per heavy atom. The Hall–Kier alpha value is -2.93. The summed E-state index contributed by atoms with van der Waals surface area (Å²) in [6, 6.07) is 12.5. The van der Waals surface area contributed by atoms with Crippen LogP contribution in [0.5, 0.6) is 0 Å². The molecule has 28 heavy (non-hydrogen) atoms. The van der Waals surface area contributed by atoms with Crippen LogP contribution in [0.1, 0.15) is 36.9 Å². The zero-order valence-electron chi connectivity index (χ0n) is 16.1. The van der Waals surface area contributed by atoms with E-state index in [0.29, 0.717) is 21.3 Å². The first-order chi connectivity index (χ1) is 13.5. The minimum atomic E-state index is -0.653. The number of rotatable bonds is 7. The lowest BCUT2D eigenvalue weighted by molar-refractivity contribution is -0.123. The van der Waals surface area contributed by atoms with Crippen LogP contribution < -0.4 is 10.6 Å². The summed E-state index contributed by atoms with van der Waals surface area (Å²) in [4.78, 5) is 30.3. The normalized spacial score (nSPS) is 13.0. The van der Waals surface area contributed by atoms with Crippen LogP contribution in [0.4, 0.5) is 0 Å². The van der Waals surface area contributed by atoms with Gasteiger partial charge in [-0.25, -0.2) is 4.98 Å².